The maximum atomic E-state index is 11.3. The third-order valence-corrected chi connectivity index (χ3v) is 1.62. The van der Waals surface area contributed by atoms with Gasteiger partial charge in [0.1, 0.15) is 5.60 Å². The van der Waals surface area contributed by atoms with Crippen LogP contribution in [0.5, 0.6) is 0 Å². The molecule has 84 valence electrons. The zero-order chi connectivity index (χ0) is 11.4. The second-order valence-electron chi connectivity index (χ2n) is 5.18. The first-order valence-corrected chi connectivity index (χ1v) is 5.18. The van der Waals surface area contributed by atoms with E-state index in [0.717, 1.165) is 6.42 Å². The van der Waals surface area contributed by atoms with E-state index in [1.165, 1.54) is 0 Å². The van der Waals surface area contributed by atoms with Gasteiger partial charge in [-0.1, -0.05) is 13.8 Å². The molecule has 0 aromatic carbocycles. The fraction of sp³-hybridized carbons (Fsp3) is 0.909. The first-order valence-electron chi connectivity index (χ1n) is 5.18. The van der Waals surface area contributed by atoms with Gasteiger partial charge >= 0.3 is 5.97 Å². The average Bonchev–Trinajstić information content (AvgIpc) is 1.77. The zero-order valence-corrected chi connectivity index (χ0v) is 9.96. The third kappa shape index (κ3) is 8.05. The van der Waals surface area contributed by atoms with Crippen LogP contribution >= 0.6 is 0 Å². The molecule has 0 radical (unpaired) electrons. The molecule has 3 heteroatoms. The molecule has 0 saturated heterocycles. The van der Waals surface area contributed by atoms with Gasteiger partial charge < -0.3 is 10.5 Å². The number of esters is 1. The van der Waals surface area contributed by atoms with Gasteiger partial charge in [0.15, 0.2) is 0 Å². The molecule has 14 heavy (non-hydrogen) atoms. The van der Waals surface area contributed by atoms with Crippen molar-refractivity contribution in [2.75, 3.05) is 0 Å². The summed E-state index contributed by atoms with van der Waals surface area (Å²) in [5.74, 6) is 0.318. The molecule has 0 bridgehead atoms. The van der Waals surface area contributed by atoms with Crippen LogP contribution in [0, 0.1) is 5.92 Å². The Bertz CT molecular complexity index is 182. The fourth-order valence-corrected chi connectivity index (χ4v) is 1.29. The SMILES string of the molecule is CC(C)C[C@@H](N)CC(=O)OC(C)(C)C. The lowest BCUT2D eigenvalue weighted by molar-refractivity contribution is -0.155. The summed E-state index contributed by atoms with van der Waals surface area (Å²) in [7, 11) is 0. The van der Waals surface area contributed by atoms with Gasteiger partial charge in [0, 0.05) is 6.04 Å². The van der Waals surface area contributed by atoms with Crippen LogP contribution in [0.4, 0.5) is 0 Å². The highest BCUT2D eigenvalue weighted by atomic mass is 16.6. The number of rotatable bonds is 4. The van der Waals surface area contributed by atoms with Crippen molar-refractivity contribution < 1.29 is 9.53 Å². The van der Waals surface area contributed by atoms with Crippen LogP contribution in [0.3, 0.4) is 0 Å². The smallest absolute Gasteiger partial charge is 0.307 e. The first kappa shape index (κ1) is 13.4. The molecule has 0 saturated carbocycles. The van der Waals surface area contributed by atoms with E-state index in [9.17, 15) is 4.79 Å². The summed E-state index contributed by atoms with van der Waals surface area (Å²) in [5, 5.41) is 0. The van der Waals surface area contributed by atoms with Crippen LogP contribution in [-0.2, 0) is 9.53 Å². The van der Waals surface area contributed by atoms with Crippen molar-refractivity contribution in [3.05, 3.63) is 0 Å². The van der Waals surface area contributed by atoms with Gasteiger partial charge in [-0.2, -0.15) is 0 Å². The number of ether oxygens (including phenoxy) is 1. The molecule has 0 aliphatic rings. The molecule has 0 aromatic rings. The average molecular weight is 201 g/mol. The number of hydrogen-bond donors (Lipinski definition) is 1. The Morgan fingerprint density at radius 3 is 2.21 bits per heavy atom. The molecule has 0 aliphatic carbocycles. The highest BCUT2D eigenvalue weighted by Crippen LogP contribution is 2.11. The molecule has 3 nitrogen and oxygen atoms in total. The predicted molar refractivity (Wildman–Crippen MR) is 57.9 cm³/mol. The van der Waals surface area contributed by atoms with E-state index < -0.39 is 5.60 Å². The number of nitrogens with two attached hydrogens (primary N) is 1. The second kappa shape index (κ2) is 5.35. The normalized spacial score (nSPS) is 14.2. The van der Waals surface area contributed by atoms with Gasteiger partial charge in [-0.15, -0.1) is 0 Å². The molecule has 2 N–H and O–H groups in total. The Morgan fingerprint density at radius 1 is 1.36 bits per heavy atom. The van der Waals surface area contributed by atoms with Crippen LogP contribution < -0.4 is 5.73 Å². The summed E-state index contributed by atoms with van der Waals surface area (Å²) < 4.78 is 5.17. The summed E-state index contributed by atoms with van der Waals surface area (Å²) in [6.45, 7) is 9.76. The molecule has 0 aliphatic heterocycles. The van der Waals surface area contributed by atoms with Crippen molar-refractivity contribution in [3.8, 4) is 0 Å². The van der Waals surface area contributed by atoms with E-state index in [1.807, 2.05) is 20.8 Å². The summed E-state index contributed by atoms with van der Waals surface area (Å²) in [5.41, 5.74) is 5.39. The van der Waals surface area contributed by atoms with Crippen molar-refractivity contribution in [2.45, 2.75) is 59.1 Å². The van der Waals surface area contributed by atoms with Gasteiger partial charge in [-0.25, -0.2) is 0 Å². The van der Waals surface area contributed by atoms with Crippen LogP contribution in [0.25, 0.3) is 0 Å². The van der Waals surface area contributed by atoms with E-state index in [0.29, 0.717) is 12.3 Å². The van der Waals surface area contributed by atoms with E-state index >= 15 is 0 Å². The van der Waals surface area contributed by atoms with Crippen LogP contribution in [0.1, 0.15) is 47.5 Å². The van der Waals surface area contributed by atoms with Crippen molar-refractivity contribution in [2.24, 2.45) is 11.7 Å². The Hall–Kier alpha value is -0.570. The van der Waals surface area contributed by atoms with E-state index in [2.05, 4.69) is 13.8 Å². The number of carbonyl (C=O) groups excluding carboxylic acids is 1. The Morgan fingerprint density at radius 2 is 1.86 bits per heavy atom. The largest absolute Gasteiger partial charge is 0.460 e. The van der Waals surface area contributed by atoms with Gasteiger partial charge in [0.05, 0.1) is 6.42 Å². The molecule has 0 rings (SSSR count). The molecule has 0 fully saturated rings. The maximum absolute atomic E-state index is 11.3. The van der Waals surface area contributed by atoms with Gasteiger partial charge in [0.25, 0.3) is 0 Å². The topological polar surface area (TPSA) is 52.3 Å². The van der Waals surface area contributed by atoms with Crippen LogP contribution in [0.2, 0.25) is 0 Å². The highest BCUT2D eigenvalue weighted by molar-refractivity contribution is 5.70. The molecule has 0 heterocycles. The molecule has 0 unspecified atom stereocenters. The molecule has 0 aromatic heterocycles. The van der Waals surface area contributed by atoms with Crippen LogP contribution in [0.15, 0.2) is 0 Å². The maximum Gasteiger partial charge on any atom is 0.307 e. The van der Waals surface area contributed by atoms with Gasteiger partial charge in [-0.3, -0.25) is 4.79 Å². The van der Waals surface area contributed by atoms with Crippen molar-refractivity contribution in [1.29, 1.82) is 0 Å². The summed E-state index contributed by atoms with van der Waals surface area (Å²) >= 11 is 0. The van der Waals surface area contributed by atoms with E-state index in [1.54, 1.807) is 0 Å². The monoisotopic (exact) mass is 201 g/mol. The van der Waals surface area contributed by atoms with Crippen molar-refractivity contribution in [1.82, 2.24) is 0 Å². The zero-order valence-electron chi connectivity index (χ0n) is 9.96. The minimum Gasteiger partial charge on any atom is -0.460 e. The molecule has 0 amide bonds. The second-order valence-corrected chi connectivity index (χ2v) is 5.18. The number of hydrogen-bond acceptors (Lipinski definition) is 3. The quantitative estimate of drug-likeness (QED) is 0.709. The highest BCUT2D eigenvalue weighted by Gasteiger charge is 2.18. The third-order valence-electron chi connectivity index (χ3n) is 1.62. The molecule has 1 atom stereocenters. The summed E-state index contributed by atoms with van der Waals surface area (Å²) in [6, 6.07) is -0.0788. The standard InChI is InChI=1S/C11H23NO2/c1-8(2)6-9(12)7-10(13)14-11(3,4)5/h8-9H,6-7,12H2,1-5H3/t9-/m1/s1. The predicted octanol–water partition coefficient (Wildman–Crippen LogP) is 2.09. The van der Waals surface area contributed by atoms with E-state index in [-0.39, 0.29) is 12.0 Å². The van der Waals surface area contributed by atoms with Crippen molar-refractivity contribution >= 4 is 5.97 Å². The van der Waals surface area contributed by atoms with Crippen LogP contribution in [-0.4, -0.2) is 17.6 Å². The van der Waals surface area contributed by atoms with E-state index in [4.69, 9.17) is 10.5 Å². The minimum absolute atomic E-state index is 0.0788. The lowest BCUT2D eigenvalue weighted by Crippen LogP contribution is -2.30. The molecular formula is C11H23NO2. The Labute approximate surface area is 87.0 Å². The Balaban J connectivity index is 3.83. The summed E-state index contributed by atoms with van der Waals surface area (Å²) in [4.78, 5) is 11.3. The minimum atomic E-state index is -0.408. The fourth-order valence-electron chi connectivity index (χ4n) is 1.29. The number of carbonyl (C=O) groups is 1. The lowest BCUT2D eigenvalue weighted by Gasteiger charge is -2.21. The van der Waals surface area contributed by atoms with Gasteiger partial charge in [0.2, 0.25) is 0 Å². The van der Waals surface area contributed by atoms with Gasteiger partial charge in [-0.05, 0) is 33.1 Å². The molecule has 0 spiro atoms. The van der Waals surface area contributed by atoms with Crippen molar-refractivity contribution in [3.63, 3.8) is 0 Å². The molecular weight excluding hydrogens is 178 g/mol. The Kier molecular flexibility index (Phi) is 5.13. The lowest BCUT2D eigenvalue weighted by atomic mass is 10.0. The first-order chi connectivity index (χ1) is 6.20. The summed E-state index contributed by atoms with van der Waals surface area (Å²) in [6.07, 6.45) is 1.18.